The molecule has 8 heteroatoms. The summed E-state index contributed by atoms with van der Waals surface area (Å²) in [4.78, 5) is 21.1. The molecule has 130 valence electrons. The number of fused-ring (bicyclic) bond motifs is 1. The summed E-state index contributed by atoms with van der Waals surface area (Å²) in [7, 11) is 0. The molecule has 4 rings (SSSR count). The standard InChI is InChI=1S/C18H13ClN4OS2/c19-11-4-3-5-12(8-11)20-17-21-13(10-25-17)9-16(24)23-18-22-14-6-1-2-7-15(14)26-18/h1-8,10H,9H2,(H,20,21)(H,22,23,24). The lowest BCUT2D eigenvalue weighted by Gasteiger charge is -2.02. The summed E-state index contributed by atoms with van der Waals surface area (Å²) in [6, 6.07) is 15.2. The summed E-state index contributed by atoms with van der Waals surface area (Å²) in [5, 5.41) is 9.87. The monoisotopic (exact) mass is 400 g/mol. The summed E-state index contributed by atoms with van der Waals surface area (Å²) >= 11 is 8.88. The van der Waals surface area contributed by atoms with Crippen LogP contribution in [0.25, 0.3) is 10.2 Å². The quantitative estimate of drug-likeness (QED) is 0.475. The van der Waals surface area contributed by atoms with Crippen molar-refractivity contribution in [1.82, 2.24) is 9.97 Å². The second kappa shape index (κ2) is 7.41. The third-order valence-electron chi connectivity index (χ3n) is 3.51. The Bertz CT molecular complexity index is 1040. The van der Waals surface area contributed by atoms with Gasteiger partial charge in [0.05, 0.1) is 22.3 Å². The number of aromatic nitrogens is 2. The third kappa shape index (κ3) is 4.01. The van der Waals surface area contributed by atoms with Crippen molar-refractivity contribution in [2.45, 2.75) is 6.42 Å². The Morgan fingerprint density at radius 3 is 2.81 bits per heavy atom. The van der Waals surface area contributed by atoms with E-state index in [1.54, 1.807) is 0 Å². The fourth-order valence-corrected chi connectivity index (χ4v) is 4.19. The van der Waals surface area contributed by atoms with E-state index in [9.17, 15) is 4.79 Å². The molecule has 0 spiro atoms. The van der Waals surface area contributed by atoms with Gasteiger partial charge in [-0.05, 0) is 30.3 Å². The number of benzene rings is 2. The molecule has 2 aromatic heterocycles. The Morgan fingerprint density at radius 1 is 1.08 bits per heavy atom. The van der Waals surface area contributed by atoms with E-state index < -0.39 is 0 Å². The maximum Gasteiger partial charge on any atom is 0.232 e. The molecule has 0 aliphatic carbocycles. The van der Waals surface area contributed by atoms with E-state index in [0.717, 1.165) is 21.0 Å². The van der Waals surface area contributed by atoms with Crippen molar-refractivity contribution in [2.24, 2.45) is 0 Å². The van der Waals surface area contributed by atoms with Crippen molar-refractivity contribution in [1.29, 1.82) is 0 Å². The normalized spacial score (nSPS) is 10.8. The van der Waals surface area contributed by atoms with Gasteiger partial charge in [-0.3, -0.25) is 4.79 Å². The van der Waals surface area contributed by atoms with Gasteiger partial charge in [0.25, 0.3) is 0 Å². The highest BCUT2D eigenvalue weighted by molar-refractivity contribution is 7.22. The van der Waals surface area contributed by atoms with Gasteiger partial charge < -0.3 is 10.6 Å². The Morgan fingerprint density at radius 2 is 1.96 bits per heavy atom. The zero-order chi connectivity index (χ0) is 17.9. The van der Waals surface area contributed by atoms with Gasteiger partial charge in [0.1, 0.15) is 0 Å². The Kier molecular flexibility index (Phi) is 4.83. The molecule has 26 heavy (non-hydrogen) atoms. The van der Waals surface area contributed by atoms with Crippen LogP contribution in [0.3, 0.4) is 0 Å². The van der Waals surface area contributed by atoms with Crippen LogP contribution in [0.5, 0.6) is 0 Å². The summed E-state index contributed by atoms with van der Waals surface area (Å²) in [5.41, 5.74) is 2.45. The molecule has 0 bridgehead atoms. The van der Waals surface area contributed by atoms with Crippen LogP contribution in [0.15, 0.2) is 53.9 Å². The second-order valence-electron chi connectivity index (χ2n) is 5.49. The van der Waals surface area contributed by atoms with Gasteiger partial charge in [-0.1, -0.05) is 41.1 Å². The molecule has 1 amide bonds. The fraction of sp³-hybridized carbons (Fsp3) is 0.0556. The number of thiazole rings is 2. The van der Waals surface area contributed by atoms with E-state index >= 15 is 0 Å². The van der Waals surface area contributed by atoms with Crippen LogP contribution in [-0.4, -0.2) is 15.9 Å². The van der Waals surface area contributed by atoms with Crippen LogP contribution in [0.2, 0.25) is 5.02 Å². The smallest absolute Gasteiger partial charge is 0.232 e. The zero-order valence-corrected chi connectivity index (χ0v) is 15.8. The number of nitrogens with zero attached hydrogens (tertiary/aromatic N) is 2. The lowest BCUT2D eigenvalue weighted by molar-refractivity contribution is -0.115. The largest absolute Gasteiger partial charge is 0.331 e. The molecule has 0 fully saturated rings. The van der Waals surface area contributed by atoms with Crippen LogP contribution in [0.4, 0.5) is 16.0 Å². The zero-order valence-electron chi connectivity index (χ0n) is 13.4. The molecule has 0 aliphatic heterocycles. The van der Waals surface area contributed by atoms with Gasteiger partial charge >= 0.3 is 0 Å². The summed E-state index contributed by atoms with van der Waals surface area (Å²) in [6.07, 6.45) is 0.198. The molecule has 2 N–H and O–H groups in total. The number of hydrogen-bond donors (Lipinski definition) is 2. The maximum absolute atomic E-state index is 12.3. The van der Waals surface area contributed by atoms with E-state index in [0.29, 0.717) is 15.8 Å². The van der Waals surface area contributed by atoms with Gasteiger partial charge in [0.2, 0.25) is 5.91 Å². The van der Waals surface area contributed by atoms with Crippen molar-refractivity contribution in [3.8, 4) is 0 Å². The highest BCUT2D eigenvalue weighted by Crippen LogP contribution is 2.26. The Balaban J connectivity index is 1.39. The molecular formula is C18H13ClN4OS2. The fourth-order valence-electron chi connectivity index (χ4n) is 2.39. The van der Waals surface area contributed by atoms with Gasteiger partial charge in [-0.25, -0.2) is 9.97 Å². The predicted octanol–water partition coefficient (Wildman–Crippen LogP) is 5.33. The average molecular weight is 401 g/mol. The van der Waals surface area contributed by atoms with Gasteiger partial charge in [-0.2, -0.15) is 0 Å². The number of nitrogens with one attached hydrogen (secondary N) is 2. The van der Waals surface area contributed by atoms with Crippen molar-refractivity contribution in [3.63, 3.8) is 0 Å². The molecule has 0 radical (unpaired) electrons. The molecule has 0 saturated carbocycles. The second-order valence-corrected chi connectivity index (χ2v) is 7.82. The maximum atomic E-state index is 12.3. The first-order chi connectivity index (χ1) is 12.7. The van der Waals surface area contributed by atoms with Crippen LogP contribution in [-0.2, 0) is 11.2 Å². The van der Waals surface area contributed by atoms with Gasteiger partial charge in [0, 0.05) is 16.1 Å². The lowest BCUT2D eigenvalue weighted by Crippen LogP contribution is -2.14. The highest BCUT2D eigenvalue weighted by atomic mass is 35.5. The summed E-state index contributed by atoms with van der Waals surface area (Å²) in [6.45, 7) is 0. The molecule has 2 aromatic carbocycles. The van der Waals surface area contributed by atoms with Crippen LogP contribution in [0, 0.1) is 0 Å². The number of carbonyl (C=O) groups is 1. The van der Waals surface area contributed by atoms with E-state index in [-0.39, 0.29) is 12.3 Å². The summed E-state index contributed by atoms with van der Waals surface area (Å²) in [5.74, 6) is -0.135. The van der Waals surface area contributed by atoms with E-state index in [4.69, 9.17) is 11.6 Å². The molecular weight excluding hydrogens is 388 g/mol. The molecule has 0 unspecified atom stereocenters. The van der Waals surface area contributed by atoms with E-state index in [1.165, 1.54) is 22.7 Å². The Labute approximate surface area is 162 Å². The average Bonchev–Trinajstić information content (AvgIpc) is 3.20. The highest BCUT2D eigenvalue weighted by Gasteiger charge is 2.11. The number of para-hydroxylation sites is 1. The number of carbonyl (C=O) groups excluding carboxylic acids is 1. The van der Waals surface area contributed by atoms with Gasteiger partial charge in [0.15, 0.2) is 10.3 Å². The topological polar surface area (TPSA) is 66.9 Å². The minimum atomic E-state index is -0.135. The number of hydrogen-bond acceptors (Lipinski definition) is 6. The first-order valence-corrected chi connectivity index (χ1v) is 9.85. The number of anilines is 3. The summed E-state index contributed by atoms with van der Waals surface area (Å²) < 4.78 is 1.05. The van der Waals surface area contributed by atoms with Crippen molar-refractivity contribution in [2.75, 3.05) is 10.6 Å². The van der Waals surface area contributed by atoms with Crippen LogP contribution in [0.1, 0.15) is 5.69 Å². The van der Waals surface area contributed by atoms with Crippen molar-refractivity contribution >= 4 is 66.3 Å². The molecule has 0 saturated heterocycles. The van der Waals surface area contributed by atoms with Crippen molar-refractivity contribution in [3.05, 3.63) is 64.6 Å². The van der Waals surface area contributed by atoms with Crippen molar-refractivity contribution < 1.29 is 4.79 Å². The first kappa shape index (κ1) is 17.0. The number of halogens is 1. The molecule has 0 atom stereocenters. The number of rotatable bonds is 5. The van der Waals surface area contributed by atoms with Gasteiger partial charge in [-0.15, -0.1) is 11.3 Å². The third-order valence-corrected chi connectivity index (χ3v) is 5.50. The molecule has 4 aromatic rings. The minimum Gasteiger partial charge on any atom is -0.331 e. The van der Waals surface area contributed by atoms with Crippen LogP contribution >= 0.6 is 34.3 Å². The molecule has 5 nitrogen and oxygen atoms in total. The van der Waals surface area contributed by atoms with E-state index in [2.05, 4.69) is 20.6 Å². The Hall–Kier alpha value is -2.48. The molecule has 0 aliphatic rings. The first-order valence-electron chi connectivity index (χ1n) is 7.78. The molecule has 2 heterocycles. The SMILES string of the molecule is O=C(Cc1csc(Nc2cccc(Cl)c2)n1)Nc1nc2ccccc2s1. The predicted molar refractivity (Wildman–Crippen MR) is 109 cm³/mol. The van der Waals surface area contributed by atoms with E-state index in [1.807, 2.05) is 53.9 Å². The van der Waals surface area contributed by atoms with Crippen LogP contribution < -0.4 is 10.6 Å². The lowest BCUT2D eigenvalue weighted by atomic mass is 10.3. The number of amides is 1. The minimum absolute atomic E-state index is 0.135.